The summed E-state index contributed by atoms with van der Waals surface area (Å²) in [4.78, 5) is 31.3. The Morgan fingerprint density at radius 1 is 0.872 bits per heavy atom. The van der Waals surface area contributed by atoms with Gasteiger partial charge in [0.15, 0.2) is 12.5 Å². The molecule has 0 bridgehead atoms. The molecule has 3 aliphatic rings. The van der Waals surface area contributed by atoms with Gasteiger partial charge in [-0.3, -0.25) is 9.69 Å². The first kappa shape index (κ1) is 26.0. The van der Waals surface area contributed by atoms with Crippen LogP contribution in [0.3, 0.4) is 0 Å². The molecule has 9 nitrogen and oxygen atoms in total. The van der Waals surface area contributed by atoms with Gasteiger partial charge in [0.05, 0.1) is 5.69 Å². The van der Waals surface area contributed by atoms with E-state index in [-0.39, 0.29) is 6.17 Å². The first-order valence-corrected chi connectivity index (χ1v) is 14.5. The number of piperazine rings is 1. The molecular formula is C30H40N8O. The molecule has 5 heterocycles. The second kappa shape index (κ2) is 11.4. The van der Waals surface area contributed by atoms with Gasteiger partial charge >= 0.3 is 0 Å². The molecule has 3 fully saturated rings. The van der Waals surface area contributed by atoms with E-state index in [4.69, 9.17) is 9.97 Å². The number of para-hydroxylation sites is 1. The fraction of sp³-hybridized carbons (Fsp3) is 0.533. The lowest BCUT2D eigenvalue weighted by molar-refractivity contribution is -0.116. The Labute approximate surface area is 231 Å². The number of aromatic nitrogens is 4. The Morgan fingerprint density at radius 3 is 2.21 bits per heavy atom. The van der Waals surface area contributed by atoms with E-state index in [0.29, 0.717) is 0 Å². The topological polar surface area (TPSA) is 73.6 Å². The summed E-state index contributed by atoms with van der Waals surface area (Å²) in [6, 6.07) is 11.3. The van der Waals surface area contributed by atoms with E-state index in [9.17, 15) is 4.79 Å². The molecule has 0 N–H and O–H groups in total. The number of likely N-dealkylation sites (tertiary alicyclic amines) is 1. The van der Waals surface area contributed by atoms with E-state index in [2.05, 4.69) is 49.0 Å². The molecule has 0 radical (unpaired) electrons. The largest absolute Gasteiger partial charge is 0.368 e. The van der Waals surface area contributed by atoms with Crippen LogP contribution < -0.4 is 9.80 Å². The Balaban J connectivity index is 1.11. The maximum absolute atomic E-state index is 12.0. The second-order valence-electron chi connectivity index (χ2n) is 11.2. The van der Waals surface area contributed by atoms with E-state index >= 15 is 0 Å². The number of anilines is 2. The van der Waals surface area contributed by atoms with E-state index < -0.39 is 0 Å². The number of rotatable bonds is 7. The zero-order chi connectivity index (χ0) is 26.8. The van der Waals surface area contributed by atoms with Gasteiger partial charge in [-0.1, -0.05) is 18.2 Å². The molecule has 1 aromatic carbocycles. The summed E-state index contributed by atoms with van der Waals surface area (Å²) < 4.78 is 1.85. The van der Waals surface area contributed by atoms with Gasteiger partial charge in [0.2, 0.25) is 5.95 Å². The van der Waals surface area contributed by atoms with Crippen molar-refractivity contribution >= 4 is 17.9 Å². The fourth-order valence-electron chi connectivity index (χ4n) is 6.59. The minimum Gasteiger partial charge on any atom is -0.368 e. The molecule has 6 rings (SSSR count). The van der Waals surface area contributed by atoms with Gasteiger partial charge in [0.1, 0.15) is 0 Å². The van der Waals surface area contributed by atoms with Crippen LogP contribution in [0.5, 0.6) is 0 Å². The van der Waals surface area contributed by atoms with Crippen molar-refractivity contribution in [1.82, 2.24) is 29.5 Å². The summed E-state index contributed by atoms with van der Waals surface area (Å²) >= 11 is 0. The fourth-order valence-corrected chi connectivity index (χ4v) is 6.59. The van der Waals surface area contributed by atoms with Gasteiger partial charge in [0.25, 0.3) is 0 Å². The molecule has 0 aliphatic carbocycles. The number of hydrogen-bond acceptors (Lipinski definition) is 8. The summed E-state index contributed by atoms with van der Waals surface area (Å²) in [5.74, 6) is 0.841. The van der Waals surface area contributed by atoms with Crippen molar-refractivity contribution in [3.63, 3.8) is 0 Å². The summed E-state index contributed by atoms with van der Waals surface area (Å²) in [6.45, 7) is 11.8. The molecule has 3 aliphatic heterocycles. The van der Waals surface area contributed by atoms with Gasteiger partial charge in [-0.15, -0.1) is 0 Å². The predicted octanol–water partition coefficient (Wildman–Crippen LogP) is 3.54. The molecule has 1 unspecified atom stereocenters. The Bertz CT molecular complexity index is 1250. The van der Waals surface area contributed by atoms with Crippen LogP contribution >= 0.6 is 0 Å². The minimum atomic E-state index is -0.363. The lowest BCUT2D eigenvalue weighted by Crippen LogP contribution is -2.49. The molecule has 0 saturated carbocycles. The molecule has 39 heavy (non-hydrogen) atoms. The smallest absolute Gasteiger partial charge is 0.225 e. The van der Waals surface area contributed by atoms with Gasteiger partial charge in [-0.25, -0.2) is 14.6 Å². The maximum atomic E-state index is 12.0. The molecule has 2 aromatic heterocycles. The third-order valence-electron chi connectivity index (χ3n) is 8.70. The average Bonchev–Trinajstić information content (AvgIpc) is 3.64. The van der Waals surface area contributed by atoms with Crippen LogP contribution in [0.2, 0.25) is 0 Å². The van der Waals surface area contributed by atoms with E-state index in [1.807, 2.05) is 37.0 Å². The van der Waals surface area contributed by atoms with Gasteiger partial charge < -0.3 is 14.7 Å². The van der Waals surface area contributed by atoms with Crippen LogP contribution in [0, 0.1) is 13.8 Å². The SMILES string of the molecule is Cc1cc(C)n(C(C=O)N2CCN(c3ccccc3-c3cnc(N4CCC(N5CCCC5)CC4)nc3)CC2)n1. The first-order chi connectivity index (χ1) is 19.1. The van der Waals surface area contributed by atoms with Crippen molar-refractivity contribution in [2.24, 2.45) is 0 Å². The van der Waals surface area contributed by atoms with Crippen molar-refractivity contribution in [3.8, 4) is 11.1 Å². The van der Waals surface area contributed by atoms with Crippen molar-refractivity contribution in [3.05, 3.63) is 54.1 Å². The Hall–Kier alpha value is -3.30. The number of nitrogens with zero attached hydrogens (tertiary/aromatic N) is 8. The number of hydrogen-bond donors (Lipinski definition) is 0. The van der Waals surface area contributed by atoms with E-state index in [1.54, 1.807) is 0 Å². The molecular weight excluding hydrogens is 488 g/mol. The molecule has 3 saturated heterocycles. The standard InChI is InChI=1S/C30H40N8O/c1-23-19-24(2)38(33-23)29(22-39)36-17-15-35(16-18-36)28-8-4-3-7-27(28)25-20-31-30(32-21-25)37-13-9-26(10-14-37)34-11-5-6-12-34/h3-4,7-8,19-22,26,29H,5-6,9-18H2,1-2H3. The van der Waals surface area contributed by atoms with Crippen molar-refractivity contribution < 1.29 is 4.79 Å². The molecule has 9 heteroatoms. The highest BCUT2D eigenvalue weighted by Crippen LogP contribution is 2.32. The van der Waals surface area contributed by atoms with Crippen LogP contribution in [0.1, 0.15) is 43.2 Å². The van der Waals surface area contributed by atoms with E-state index in [1.165, 1.54) is 44.5 Å². The number of aldehydes is 1. The van der Waals surface area contributed by atoms with Crippen molar-refractivity contribution in [1.29, 1.82) is 0 Å². The number of benzene rings is 1. The number of carbonyl (C=O) groups excluding carboxylic acids is 1. The highest BCUT2D eigenvalue weighted by atomic mass is 16.1. The van der Waals surface area contributed by atoms with Crippen LogP contribution in [0.4, 0.5) is 11.6 Å². The average molecular weight is 529 g/mol. The second-order valence-corrected chi connectivity index (χ2v) is 11.2. The zero-order valence-electron chi connectivity index (χ0n) is 23.2. The third-order valence-corrected chi connectivity index (χ3v) is 8.70. The minimum absolute atomic E-state index is 0.363. The maximum Gasteiger partial charge on any atom is 0.225 e. The Morgan fingerprint density at radius 2 is 1.56 bits per heavy atom. The van der Waals surface area contributed by atoms with Crippen molar-refractivity contribution in [2.75, 3.05) is 62.2 Å². The van der Waals surface area contributed by atoms with Crippen LogP contribution in [-0.4, -0.2) is 94.2 Å². The third kappa shape index (κ3) is 5.43. The predicted molar refractivity (Wildman–Crippen MR) is 154 cm³/mol. The summed E-state index contributed by atoms with van der Waals surface area (Å²) in [7, 11) is 0. The molecule has 0 amide bonds. The lowest BCUT2D eigenvalue weighted by Gasteiger charge is -2.39. The quantitative estimate of drug-likeness (QED) is 0.431. The normalized spacial score (nSPS) is 20.5. The number of carbonyl (C=O) groups is 1. The van der Waals surface area contributed by atoms with Crippen molar-refractivity contribution in [2.45, 2.75) is 51.7 Å². The van der Waals surface area contributed by atoms with Gasteiger partial charge in [-0.2, -0.15) is 5.10 Å². The number of piperidine rings is 1. The highest BCUT2D eigenvalue weighted by Gasteiger charge is 2.29. The number of aryl methyl sites for hydroxylation is 2. The molecule has 206 valence electrons. The molecule has 3 aromatic rings. The van der Waals surface area contributed by atoms with E-state index in [0.717, 1.165) is 80.1 Å². The monoisotopic (exact) mass is 528 g/mol. The first-order valence-electron chi connectivity index (χ1n) is 14.5. The lowest BCUT2D eigenvalue weighted by atomic mass is 10.0. The molecule has 0 spiro atoms. The highest BCUT2D eigenvalue weighted by molar-refractivity contribution is 5.78. The summed E-state index contributed by atoms with van der Waals surface area (Å²) in [5, 5.41) is 4.56. The van der Waals surface area contributed by atoms with Crippen LogP contribution in [0.15, 0.2) is 42.7 Å². The van der Waals surface area contributed by atoms with Gasteiger partial charge in [0, 0.05) is 80.2 Å². The van der Waals surface area contributed by atoms with Crippen LogP contribution in [0.25, 0.3) is 11.1 Å². The van der Waals surface area contributed by atoms with Gasteiger partial charge in [-0.05, 0) is 64.8 Å². The summed E-state index contributed by atoms with van der Waals surface area (Å²) in [6.07, 6.45) is 9.71. The molecule has 1 atom stereocenters. The zero-order valence-corrected chi connectivity index (χ0v) is 23.2. The summed E-state index contributed by atoms with van der Waals surface area (Å²) in [5.41, 5.74) is 5.32. The van der Waals surface area contributed by atoms with Crippen LogP contribution in [-0.2, 0) is 4.79 Å². The Kier molecular flexibility index (Phi) is 7.61.